The second kappa shape index (κ2) is 2.72. The Hall–Kier alpha value is 0. The van der Waals surface area contributed by atoms with Crippen molar-refractivity contribution in [2.75, 3.05) is 0 Å². The van der Waals surface area contributed by atoms with Gasteiger partial charge in [0.15, 0.2) is 0 Å². The van der Waals surface area contributed by atoms with E-state index in [1.807, 2.05) is 0 Å². The van der Waals surface area contributed by atoms with E-state index in [4.69, 9.17) is 0 Å². The average molecular weight is 241 g/mol. The monoisotopic (exact) mass is 241 g/mol. The summed E-state index contributed by atoms with van der Waals surface area (Å²) in [5.41, 5.74) is 1.76. The van der Waals surface area contributed by atoms with E-state index in [0.717, 1.165) is 28.6 Å². The minimum absolute atomic E-state index is 0.834. The second-order valence-electron chi connectivity index (χ2n) is 8.93. The van der Waals surface area contributed by atoms with Crippen LogP contribution in [-0.2, 0) is 0 Å². The van der Waals surface area contributed by atoms with Crippen LogP contribution in [0, 0.1) is 46.3 Å². The maximum Gasteiger partial charge on any atom is -0.0142 e. The van der Waals surface area contributed by atoms with E-state index in [2.05, 4.69) is 5.92 Å². The summed E-state index contributed by atoms with van der Waals surface area (Å²) in [4.78, 5) is 0. The van der Waals surface area contributed by atoms with Gasteiger partial charge in [0.1, 0.15) is 0 Å². The van der Waals surface area contributed by atoms with E-state index in [-0.39, 0.29) is 0 Å². The first-order valence-electron chi connectivity index (χ1n) is 8.67. The highest BCUT2D eigenvalue weighted by molar-refractivity contribution is 5.38. The summed E-state index contributed by atoms with van der Waals surface area (Å²) >= 11 is 0. The fourth-order valence-corrected chi connectivity index (χ4v) is 7.73. The molecule has 0 saturated heterocycles. The molecule has 0 aromatic rings. The third kappa shape index (κ3) is 0.879. The van der Waals surface area contributed by atoms with Crippen LogP contribution in [-0.4, -0.2) is 0 Å². The van der Waals surface area contributed by atoms with Crippen LogP contribution in [0.3, 0.4) is 0 Å². The molecule has 6 aliphatic rings. The maximum atomic E-state index is 2.12. The van der Waals surface area contributed by atoms with Gasteiger partial charge in [0.05, 0.1) is 0 Å². The fourth-order valence-electron chi connectivity index (χ4n) is 7.73. The second-order valence-corrected chi connectivity index (χ2v) is 8.93. The lowest BCUT2D eigenvalue weighted by molar-refractivity contribution is 0.0480. The highest BCUT2D eigenvalue weighted by Gasteiger charge is 2.83. The third-order valence-electron chi connectivity index (χ3n) is 8.57. The van der Waals surface area contributed by atoms with Gasteiger partial charge in [0.25, 0.3) is 0 Å². The molecule has 1 radical (unpaired) electrons. The Bertz CT molecular complexity index is 418. The van der Waals surface area contributed by atoms with Crippen LogP contribution in [0.2, 0.25) is 0 Å². The normalized spacial score (nSPS) is 67.7. The van der Waals surface area contributed by atoms with Gasteiger partial charge in [0.2, 0.25) is 0 Å². The Balaban J connectivity index is 1.46. The molecular weight excluding hydrogens is 216 g/mol. The summed E-state index contributed by atoms with van der Waals surface area (Å²) in [6, 6.07) is 0. The van der Waals surface area contributed by atoms with Crippen LogP contribution >= 0.6 is 0 Å². The number of fused-ring (bicyclic) bond motifs is 5. The molecule has 18 heavy (non-hydrogen) atoms. The predicted molar refractivity (Wildman–Crippen MR) is 71.7 cm³/mol. The van der Waals surface area contributed by atoms with Crippen LogP contribution in [0.4, 0.5) is 0 Å². The van der Waals surface area contributed by atoms with Gasteiger partial charge < -0.3 is 0 Å². The zero-order valence-electron chi connectivity index (χ0n) is 11.5. The molecule has 0 aliphatic heterocycles. The van der Waals surface area contributed by atoms with Gasteiger partial charge in [-0.3, -0.25) is 0 Å². The zero-order valence-corrected chi connectivity index (χ0v) is 11.5. The molecule has 0 N–H and O–H groups in total. The van der Waals surface area contributed by atoms with Gasteiger partial charge in [0, 0.05) is 0 Å². The van der Waals surface area contributed by atoms with Crippen molar-refractivity contribution in [3.8, 4) is 0 Å². The van der Waals surface area contributed by atoms with Crippen molar-refractivity contribution in [2.24, 2.45) is 40.4 Å². The van der Waals surface area contributed by atoms with Crippen molar-refractivity contribution in [3.05, 3.63) is 5.92 Å². The summed E-state index contributed by atoms with van der Waals surface area (Å²) in [6.07, 6.45) is 16.1. The molecule has 0 heteroatoms. The van der Waals surface area contributed by atoms with Crippen molar-refractivity contribution < 1.29 is 0 Å². The van der Waals surface area contributed by atoms with Crippen LogP contribution < -0.4 is 0 Å². The summed E-state index contributed by atoms with van der Waals surface area (Å²) < 4.78 is 0. The van der Waals surface area contributed by atoms with Crippen LogP contribution in [0.25, 0.3) is 0 Å². The molecule has 5 atom stereocenters. The first-order valence-corrected chi connectivity index (χ1v) is 8.67. The van der Waals surface area contributed by atoms with Gasteiger partial charge in [-0.15, -0.1) is 0 Å². The van der Waals surface area contributed by atoms with E-state index in [1.54, 1.807) is 64.2 Å². The lowest BCUT2D eigenvalue weighted by Gasteiger charge is -2.49. The lowest BCUT2D eigenvalue weighted by atomic mass is 9.55. The first-order chi connectivity index (χ1) is 8.82. The smallest absolute Gasteiger partial charge is 0.0142 e. The summed E-state index contributed by atoms with van der Waals surface area (Å²) in [5, 5.41) is 0. The number of hydrogen-bond acceptors (Lipinski definition) is 0. The Labute approximate surface area is 111 Å². The molecule has 0 amide bonds. The molecule has 6 aliphatic carbocycles. The molecule has 6 saturated carbocycles. The molecule has 5 unspecified atom stereocenters. The van der Waals surface area contributed by atoms with Gasteiger partial charge in [-0.2, -0.15) is 0 Å². The van der Waals surface area contributed by atoms with E-state index < -0.39 is 0 Å². The van der Waals surface area contributed by atoms with Crippen LogP contribution in [0.15, 0.2) is 0 Å². The zero-order chi connectivity index (χ0) is 11.5. The Morgan fingerprint density at radius 3 is 2.28 bits per heavy atom. The van der Waals surface area contributed by atoms with Crippen LogP contribution in [0.1, 0.15) is 64.2 Å². The first kappa shape index (κ1) is 9.83. The average Bonchev–Trinajstić information content (AvgIpc) is 2.92. The standard InChI is InChI=1S/C18H25/c1-3-13-5-11(1)7-16(13)18(17-9-15(17)10-17)8-12-2-4-14(18)6-12/h11-13,15-16H,1-10H2. The Morgan fingerprint density at radius 2 is 1.78 bits per heavy atom. The number of rotatable bonds is 2. The Kier molecular flexibility index (Phi) is 1.49. The fraction of sp³-hybridized carbons (Fsp3) is 0.944. The summed E-state index contributed by atoms with van der Waals surface area (Å²) in [5.74, 6) is 7.95. The van der Waals surface area contributed by atoms with Gasteiger partial charge in [-0.1, -0.05) is 6.42 Å². The largest absolute Gasteiger partial charge is 0.0502 e. The van der Waals surface area contributed by atoms with Crippen molar-refractivity contribution >= 4 is 0 Å². The van der Waals surface area contributed by atoms with Gasteiger partial charge in [-0.25, -0.2) is 0 Å². The van der Waals surface area contributed by atoms with Crippen molar-refractivity contribution in [1.29, 1.82) is 0 Å². The van der Waals surface area contributed by atoms with Gasteiger partial charge in [-0.05, 0) is 104 Å². The predicted octanol–water partition coefficient (Wildman–Crippen LogP) is 4.60. The minimum atomic E-state index is 0.834. The van der Waals surface area contributed by atoms with E-state index in [0.29, 0.717) is 0 Å². The highest BCUT2D eigenvalue weighted by atomic mass is 14.9. The lowest BCUT2D eigenvalue weighted by Crippen LogP contribution is -2.42. The van der Waals surface area contributed by atoms with E-state index >= 15 is 0 Å². The Morgan fingerprint density at radius 1 is 0.889 bits per heavy atom. The molecule has 0 spiro atoms. The molecule has 6 fully saturated rings. The quantitative estimate of drug-likeness (QED) is 0.663. The molecule has 97 valence electrons. The molecular formula is C18H25. The van der Waals surface area contributed by atoms with Gasteiger partial charge >= 0.3 is 0 Å². The van der Waals surface area contributed by atoms with E-state index in [9.17, 15) is 0 Å². The van der Waals surface area contributed by atoms with Crippen molar-refractivity contribution in [2.45, 2.75) is 64.2 Å². The molecule has 4 bridgehead atoms. The van der Waals surface area contributed by atoms with Crippen molar-refractivity contribution in [3.63, 3.8) is 0 Å². The van der Waals surface area contributed by atoms with Crippen LogP contribution in [0.5, 0.6) is 0 Å². The SMILES string of the molecule is C1CC2C[C]1C(C1CC3CCC1C3)(C13CC1C3)C2. The molecule has 0 aromatic heterocycles. The molecule has 0 nitrogen and oxygen atoms in total. The topological polar surface area (TPSA) is 0 Å². The minimum Gasteiger partial charge on any atom is -0.0502 e. The molecule has 0 heterocycles. The molecule has 6 rings (SSSR count). The maximum absolute atomic E-state index is 2.12. The summed E-state index contributed by atoms with van der Waals surface area (Å²) in [7, 11) is 0. The highest BCUT2D eigenvalue weighted by Crippen LogP contribution is 2.90. The summed E-state index contributed by atoms with van der Waals surface area (Å²) in [6.45, 7) is 0. The molecule has 0 aromatic carbocycles. The van der Waals surface area contributed by atoms with E-state index in [1.165, 1.54) is 11.8 Å². The third-order valence-corrected chi connectivity index (χ3v) is 8.57. The number of hydrogen-bond donors (Lipinski definition) is 0. The van der Waals surface area contributed by atoms with Crippen molar-refractivity contribution in [1.82, 2.24) is 0 Å².